The van der Waals surface area contributed by atoms with Crippen LogP contribution in [0.25, 0.3) is 0 Å². The number of hydrogen-bond acceptors (Lipinski definition) is 10. The topological polar surface area (TPSA) is 167 Å². The third kappa shape index (κ3) is 28.7. The molecule has 2 aromatic carbocycles. The van der Waals surface area contributed by atoms with Gasteiger partial charge in [-0.15, -0.1) is 0 Å². The second kappa shape index (κ2) is 37.6. The van der Waals surface area contributed by atoms with Crippen molar-refractivity contribution < 1.29 is 42.5 Å². The van der Waals surface area contributed by atoms with Gasteiger partial charge in [0.15, 0.2) is 0 Å². The van der Waals surface area contributed by atoms with Gasteiger partial charge < -0.3 is 40.6 Å². The fourth-order valence-corrected chi connectivity index (χ4v) is 5.85. The van der Waals surface area contributed by atoms with Gasteiger partial charge in [0.05, 0.1) is 19.8 Å². The maximum atomic E-state index is 12.3. The summed E-state index contributed by atoms with van der Waals surface area (Å²) >= 11 is 1.61. The molecule has 3 atom stereocenters. The van der Waals surface area contributed by atoms with E-state index >= 15 is 0 Å². The molecule has 0 heterocycles. The van der Waals surface area contributed by atoms with E-state index in [1.54, 1.807) is 11.9 Å². The van der Waals surface area contributed by atoms with Crippen molar-refractivity contribution in [3.8, 4) is 5.75 Å². The minimum Gasteiger partial charge on any atom is -0.497 e. The lowest BCUT2D eigenvalue weighted by Crippen LogP contribution is -2.44. The Kier molecular flexibility index (Phi) is 36.6. The van der Waals surface area contributed by atoms with Crippen molar-refractivity contribution in [2.45, 2.75) is 116 Å². The first-order chi connectivity index (χ1) is 27.9. The molecule has 2 fully saturated rings. The Hall–Kier alpha value is -3.63. The van der Waals surface area contributed by atoms with E-state index in [2.05, 4.69) is 58.5 Å². The molecule has 4 rings (SSSR count). The van der Waals surface area contributed by atoms with Gasteiger partial charge in [-0.3, -0.25) is 19.1 Å². The summed E-state index contributed by atoms with van der Waals surface area (Å²) in [5.74, 6) is -0.928. The monoisotopic (exact) mass is 842 g/mol. The minimum absolute atomic E-state index is 0.0260. The number of ether oxygens (including phenoxy) is 2. The molecule has 0 aliphatic heterocycles. The predicted octanol–water partition coefficient (Wildman–Crippen LogP) is 6.35. The van der Waals surface area contributed by atoms with Crippen molar-refractivity contribution in [2.24, 2.45) is 11.8 Å². The number of aliphatic hydroxyl groups excluding tert-OH is 1. The molecular weight excluding hydrogens is 769 g/mol. The number of halogens is 2. The highest BCUT2D eigenvalue weighted by atomic mass is 32.2. The molecule has 2 saturated carbocycles. The molecule has 0 bridgehead atoms. The maximum absolute atomic E-state index is 12.3. The van der Waals surface area contributed by atoms with E-state index in [0.717, 1.165) is 61.4 Å². The van der Waals surface area contributed by atoms with Gasteiger partial charge in [-0.1, -0.05) is 94.7 Å². The van der Waals surface area contributed by atoms with Crippen molar-refractivity contribution in [2.75, 3.05) is 47.7 Å². The van der Waals surface area contributed by atoms with Gasteiger partial charge >= 0.3 is 0 Å². The Morgan fingerprint density at radius 3 is 1.90 bits per heavy atom. The lowest BCUT2D eigenvalue weighted by Gasteiger charge is -2.27. The van der Waals surface area contributed by atoms with Gasteiger partial charge in [-0.05, 0) is 64.4 Å². The number of rotatable bonds is 15. The zero-order valence-electron chi connectivity index (χ0n) is 36.2. The molecule has 0 saturated heterocycles. The molecule has 0 spiro atoms. The van der Waals surface area contributed by atoms with Crippen LogP contribution in [0, 0.1) is 23.5 Å². The van der Waals surface area contributed by atoms with E-state index in [0.29, 0.717) is 6.54 Å². The van der Waals surface area contributed by atoms with Crippen molar-refractivity contribution >= 4 is 36.5 Å². The molecule has 3 amide bonds. The number of benzene rings is 2. The zero-order valence-corrected chi connectivity index (χ0v) is 37.0. The van der Waals surface area contributed by atoms with E-state index in [4.69, 9.17) is 9.53 Å². The zero-order chi connectivity index (χ0) is 44.1. The van der Waals surface area contributed by atoms with E-state index < -0.39 is 29.7 Å². The van der Waals surface area contributed by atoms with E-state index in [1.807, 2.05) is 50.4 Å². The molecule has 0 aromatic heterocycles. The number of hydrogen-bond donors (Lipinski definition) is 6. The first-order valence-corrected chi connectivity index (χ1v) is 21.3. The van der Waals surface area contributed by atoms with Crippen molar-refractivity contribution in [1.82, 2.24) is 26.0 Å². The number of methoxy groups -OCH3 is 2. The normalized spacial score (nSPS) is 14.8. The van der Waals surface area contributed by atoms with E-state index in [9.17, 15) is 28.3 Å². The fourth-order valence-electron chi connectivity index (χ4n) is 5.85. The molecule has 2 aliphatic carbocycles. The smallest absolute Gasteiger partial charge is 0.249 e. The second-order valence-corrected chi connectivity index (χ2v) is 14.5. The maximum Gasteiger partial charge on any atom is 0.249 e. The number of amides is 3. The highest BCUT2D eigenvalue weighted by molar-refractivity contribution is 7.96. The summed E-state index contributed by atoms with van der Waals surface area (Å²) in [6, 6.07) is 13.2. The molecule has 15 heteroatoms. The van der Waals surface area contributed by atoms with Gasteiger partial charge in [-0.25, -0.2) is 8.78 Å². The van der Waals surface area contributed by atoms with Crippen LogP contribution in [0.1, 0.15) is 97.0 Å². The number of nitrogens with one attached hydrogen (secondary N) is 5. The third-order valence-electron chi connectivity index (χ3n) is 9.14. The Labute approximate surface area is 351 Å². The predicted molar refractivity (Wildman–Crippen MR) is 231 cm³/mol. The minimum atomic E-state index is -0.914. The van der Waals surface area contributed by atoms with Gasteiger partial charge in [0.1, 0.15) is 30.3 Å². The first kappa shape index (κ1) is 56.5. The van der Waals surface area contributed by atoms with E-state index in [-0.39, 0.29) is 43.0 Å². The summed E-state index contributed by atoms with van der Waals surface area (Å²) < 4.78 is 37.2. The van der Waals surface area contributed by atoms with Crippen LogP contribution in [0.3, 0.4) is 0 Å². The number of carbonyl (C=O) groups is 4. The third-order valence-corrected chi connectivity index (χ3v) is 9.55. The molecule has 58 heavy (non-hydrogen) atoms. The number of carbonyl (C=O) groups excluding carboxylic acids is 4. The van der Waals surface area contributed by atoms with Crippen LogP contribution in [0.4, 0.5) is 8.78 Å². The molecule has 12 nitrogen and oxygen atoms in total. The second-order valence-electron chi connectivity index (χ2n) is 13.7. The fraction of sp³-hybridized carbons (Fsp3) is 0.628. The Balaban J connectivity index is 0. The Morgan fingerprint density at radius 1 is 0.879 bits per heavy atom. The average Bonchev–Trinajstić information content (AvgIpc) is 3.80. The Bertz CT molecular complexity index is 1300. The van der Waals surface area contributed by atoms with Crippen LogP contribution in [-0.2, 0) is 30.5 Å². The van der Waals surface area contributed by atoms with Crippen LogP contribution in [0.5, 0.6) is 5.75 Å². The first-order valence-electron chi connectivity index (χ1n) is 20.1. The summed E-state index contributed by atoms with van der Waals surface area (Å²) in [4.78, 5) is 44.1. The molecule has 2 aromatic rings. The van der Waals surface area contributed by atoms with Crippen molar-refractivity contribution in [1.29, 1.82) is 0 Å². The molecule has 2 aliphatic rings. The van der Waals surface area contributed by atoms with Crippen molar-refractivity contribution in [3.63, 3.8) is 0 Å². The standard InChI is InChI=1S/C21H31N3O5.C9H19N.C7H6F2O.C3H8.C2H7NS.CH2O/c1-29-18(11-17(25)13-23-20(27)16-9-5-6-10-16)21(28)24-14-19(26)22-12-15-7-3-2-4-8-15;1-8(10-2)9-6-4-3-5-7-9;1-10-7-3-5(8)2-6(9)4-7;1-3-2;1-3-4-2;1-2/h2-4,7-8,16-18,25H,5-6,9-14H2,1H3,(H,22,26)(H,23,27)(H,24,28);8-10H,3-7H2,1-2H3;2-4H,1H3;3H2,1-2H3;3H,1-2H3;1H2/t17-,18?;;;;;/m0...../s1. The lowest BCUT2D eigenvalue weighted by atomic mass is 9.85. The van der Waals surface area contributed by atoms with Gasteiger partial charge in [0.25, 0.3) is 0 Å². The Morgan fingerprint density at radius 2 is 1.41 bits per heavy atom. The van der Waals surface area contributed by atoms with Gasteiger partial charge in [0.2, 0.25) is 17.7 Å². The largest absolute Gasteiger partial charge is 0.497 e. The quantitative estimate of drug-likeness (QED) is 0.111. The molecule has 332 valence electrons. The van der Waals surface area contributed by atoms with Crippen LogP contribution >= 0.6 is 11.9 Å². The van der Waals surface area contributed by atoms with Crippen LogP contribution in [-0.4, -0.2) is 95.5 Å². The van der Waals surface area contributed by atoms with E-state index in [1.165, 1.54) is 52.7 Å². The van der Waals surface area contributed by atoms with Gasteiger partial charge in [-0.2, -0.15) is 0 Å². The average molecular weight is 842 g/mol. The number of aliphatic hydroxyl groups is 1. The molecule has 2 unspecified atom stereocenters. The molecular formula is C43H73F2N5O7S. The van der Waals surface area contributed by atoms with Crippen molar-refractivity contribution in [3.05, 3.63) is 65.7 Å². The highest BCUT2D eigenvalue weighted by Crippen LogP contribution is 2.26. The SMILES string of the molecule is C=O.CCC.CNC(C)C1CCCCC1.CNSC.COC(C[C@H](O)CNC(=O)C1CCCC1)C(=O)NCC(=O)NCc1ccccc1.COc1cc(F)cc(F)c1. The van der Waals surface area contributed by atoms with Crippen LogP contribution in [0.15, 0.2) is 48.5 Å². The lowest BCUT2D eigenvalue weighted by molar-refractivity contribution is -0.134. The summed E-state index contributed by atoms with van der Waals surface area (Å²) in [6.45, 7) is 8.82. The highest BCUT2D eigenvalue weighted by Gasteiger charge is 2.25. The summed E-state index contributed by atoms with van der Waals surface area (Å²) in [7, 11) is 6.68. The summed E-state index contributed by atoms with van der Waals surface area (Å²) in [6.07, 6.45) is 12.6. The van der Waals surface area contributed by atoms with Gasteiger partial charge in [0, 0.05) is 56.8 Å². The van der Waals surface area contributed by atoms with Crippen LogP contribution in [0.2, 0.25) is 0 Å². The molecule has 6 N–H and O–H groups in total. The van der Waals surface area contributed by atoms with Crippen LogP contribution < -0.4 is 30.7 Å². The summed E-state index contributed by atoms with van der Waals surface area (Å²) in [5.41, 5.74) is 0.963. The summed E-state index contributed by atoms with van der Waals surface area (Å²) in [5, 5.41) is 21.4. The molecule has 0 radical (unpaired) electrons.